The maximum atomic E-state index is 11.5. The number of allylic oxidation sites excluding steroid dienone is 2. The second kappa shape index (κ2) is 5.50. The number of benzene rings is 1. The van der Waals surface area contributed by atoms with E-state index >= 15 is 0 Å². The Balaban J connectivity index is 2.51. The van der Waals surface area contributed by atoms with Crippen LogP contribution in [-0.4, -0.2) is 6.29 Å². The molecule has 0 saturated heterocycles. The molecular formula is C17H21ClO. The first kappa shape index (κ1) is 14.3. The quantitative estimate of drug-likeness (QED) is 0.699. The molecule has 102 valence electrons. The zero-order chi connectivity index (χ0) is 14.0. The monoisotopic (exact) mass is 276 g/mol. The van der Waals surface area contributed by atoms with Crippen LogP contribution < -0.4 is 0 Å². The molecule has 1 aliphatic rings. The van der Waals surface area contributed by atoms with Gasteiger partial charge in [0.05, 0.1) is 0 Å². The van der Waals surface area contributed by atoms with Gasteiger partial charge in [-0.05, 0) is 59.4 Å². The second-order valence-electron chi connectivity index (χ2n) is 6.21. The third-order valence-corrected chi connectivity index (χ3v) is 4.26. The third-order valence-electron chi connectivity index (χ3n) is 4.01. The molecule has 0 aromatic heterocycles. The minimum atomic E-state index is 0.215. The van der Waals surface area contributed by atoms with E-state index in [0.717, 1.165) is 41.7 Å². The summed E-state index contributed by atoms with van der Waals surface area (Å²) in [5.74, 6) is 0.463. The van der Waals surface area contributed by atoms with Crippen molar-refractivity contribution >= 4 is 23.5 Å². The lowest BCUT2D eigenvalue weighted by molar-refractivity contribution is -0.105. The van der Waals surface area contributed by atoms with Gasteiger partial charge < -0.3 is 0 Å². The highest BCUT2D eigenvalue weighted by Crippen LogP contribution is 2.46. The predicted molar refractivity (Wildman–Crippen MR) is 81.2 cm³/mol. The van der Waals surface area contributed by atoms with Crippen molar-refractivity contribution in [3.05, 3.63) is 40.4 Å². The molecule has 1 atom stereocenters. The molecule has 0 heterocycles. The summed E-state index contributed by atoms with van der Waals surface area (Å²) in [5.41, 5.74) is 3.56. The number of carbonyl (C=O) groups excluding carboxylic acids is 1. The second-order valence-corrected chi connectivity index (χ2v) is 6.65. The van der Waals surface area contributed by atoms with Gasteiger partial charge in [-0.25, -0.2) is 0 Å². The lowest BCUT2D eigenvalue weighted by atomic mass is 9.67. The number of carbonyl (C=O) groups is 1. The van der Waals surface area contributed by atoms with Gasteiger partial charge in [0.2, 0.25) is 0 Å². The average molecular weight is 277 g/mol. The largest absolute Gasteiger partial charge is 0.298 e. The number of aldehydes is 1. The summed E-state index contributed by atoms with van der Waals surface area (Å²) >= 11 is 5.95. The maximum absolute atomic E-state index is 11.5. The van der Waals surface area contributed by atoms with Gasteiger partial charge in [0.15, 0.2) is 0 Å². The van der Waals surface area contributed by atoms with Crippen LogP contribution in [0.5, 0.6) is 0 Å². The van der Waals surface area contributed by atoms with Crippen LogP contribution in [0.25, 0.3) is 5.57 Å². The fraction of sp³-hybridized carbons (Fsp3) is 0.471. The summed E-state index contributed by atoms with van der Waals surface area (Å²) in [7, 11) is 0. The van der Waals surface area contributed by atoms with Crippen molar-refractivity contribution < 1.29 is 4.79 Å². The molecule has 0 aliphatic heterocycles. The zero-order valence-electron chi connectivity index (χ0n) is 11.9. The smallest absolute Gasteiger partial charge is 0.146 e. The summed E-state index contributed by atoms with van der Waals surface area (Å²) < 4.78 is 0. The van der Waals surface area contributed by atoms with Gasteiger partial charge in [-0.15, -0.1) is 0 Å². The molecule has 0 spiro atoms. The summed E-state index contributed by atoms with van der Waals surface area (Å²) in [6.07, 6.45) is 4.12. The molecule has 0 amide bonds. The van der Waals surface area contributed by atoms with E-state index in [1.54, 1.807) is 0 Å². The van der Waals surface area contributed by atoms with Crippen LogP contribution in [0, 0.1) is 11.3 Å². The Morgan fingerprint density at radius 1 is 1.32 bits per heavy atom. The first-order valence-electron chi connectivity index (χ1n) is 6.91. The van der Waals surface area contributed by atoms with Crippen LogP contribution >= 0.6 is 11.6 Å². The van der Waals surface area contributed by atoms with Crippen molar-refractivity contribution in [2.45, 2.75) is 40.0 Å². The van der Waals surface area contributed by atoms with E-state index in [4.69, 9.17) is 11.6 Å². The van der Waals surface area contributed by atoms with Gasteiger partial charge in [-0.2, -0.15) is 0 Å². The van der Waals surface area contributed by atoms with Crippen LogP contribution in [-0.2, 0) is 4.79 Å². The molecule has 19 heavy (non-hydrogen) atoms. The highest BCUT2D eigenvalue weighted by molar-refractivity contribution is 6.30. The molecule has 1 aromatic carbocycles. The Labute approximate surface area is 120 Å². The zero-order valence-corrected chi connectivity index (χ0v) is 12.6. The molecule has 0 radical (unpaired) electrons. The highest BCUT2D eigenvalue weighted by atomic mass is 35.5. The molecule has 1 nitrogen and oxygen atoms in total. The van der Waals surface area contributed by atoms with E-state index in [2.05, 4.69) is 20.8 Å². The number of hydrogen-bond acceptors (Lipinski definition) is 1. The molecule has 2 rings (SSSR count). The SMILES string of the molecule is CCC1CC(C)(C)CC(C=O)=C1c1ccc(Cl)cc1. The van der Waals surface area contributed by atoms with Crippen molar-refractivity contribution in [3.63, 3.8) is 0 Å². The molecule has 0 fully saturated rings. The number of rotatable bonds is 3. The topological polar surface area (TPSA) is 17.1 Å². The molecule has 1 unspecified atom stereocenters. The van der Waals surface area contributed by atoms with Crippen LogP contribution in [0.3, 0.4) is 0 Å². The van der Waals surface area contributed by atoms with Crippen LogP contribution in [0.2, 0.25) is 5.02 Å². The van der Waals surface area contributed by atoms with Crippen molar-refractivity contribution in [3.8, 4) is 0 Å². The Kier molecular flexibility index (Phi) is 4.15. The minimum Gasteiger partial charge on any atom is -0.298 e. The average Bonchev–Trinajstić information content (AvgIpc) is 2.38. The molecule has 1 aliphatic carbocycles. The van der Waals surface area contributed by atoms with Gasteiger partial charge >= 0.3 is 0 Å². The number of halogens is 1. The summed E-state index contributed by atoms with van der Waals surface area (Å²) in [4.78, 5) is 11.5. The Bertz CT molecular complexity index is 496. The summed E-state index contributed by atoms with van der Waals surface area (Å²) in [6.45, 7) is 6.69. The lowest BCUT2D eigenvalue weighted by Crippen LogP contribution is -2.25. The highest BCUT2D eigenvalue weighted by Gasteiger charge is 2.33. The van der Waals surface area contributed by atoms with E-state index in [-0.39, 0.29) is 5.41 Å². The first-order valence-corrected chi connectivity index (χ1v) is 7.29. The molecular weight excluding hydrogens is 256 g/mol. The van der Waals surface area contributed by atoms with Crippen LogP contribution in [0.1, 0.15) is 45.6 Å². The van der Waals surface area contributed by atoms with Crippen molar-refractivity contribution in [1.29, 1.82) is 0 Å². The Morgan fingerprint density at radius 3 is 2.47 bits per heavy atom. The van der Waals surface area contributed by atoms with E-state index in [1.165, 1.54) is 5.57 Å². The van der Waals surface area contributed by atoms with E-state index in [1.807, 2.05) is 24.3 Å². The fourth-order valence-electron chi connectivity index (χ4n) is 3.22. The van der Waals surface area contributed by atoms with Crippen molar-refractivity contribution in [1.82, 2.24) is 0 Å². The van der Waals surface area contributed by atoms with Crippen LogP contribution in [0.4, 0.5) is 0 Å². The summed E-state index contributed by atoms with van der Waals surface area (Å²) in [6, 6.07) is 7.86. The van der Waals surface area contributed by atoms with Crippen molar-refractivity contribution in [2.75, 3.05) is 0 Å². The number of hydrogen-bond donors (Lipinski definition) is 0. The van der Waals surface area contributed by atoms with Crippen molar-refractivity contribution in [2.24, 2.45) is 11.3 Å². The summed E-state index contributed by atoms with van der Waals surface area (Å²) in [5, 5.41) is 0.737. The van der Waals surface area contributed by atoms with Gasteiger partial charge in [-0.1, -0.05) is 44.5 Å². The van der Waals surface area contributed by atoms with E-state index < -0.39 is 0 Å². The molecule has 1 aromatic rings. The fourth-order valence-corrected chi connectivity index (χ4v) is 3.34. The Morgan fingerprint density at radius 2 is 1.95 bits per heavy atom. The van der Waals surface area contributed by atoms with Gasteiger partial charge in [0, 0.05) is 5.02 Å². The predicted octanol–water partition coefficient (Wildman–Crippen LogP) is 5.14. The molecule has 0 N–H and O–H groups in total. The third kappa shape index (κ3) is 3.09. The van der Waals surface area contributed by atoms with Crippen LogP contribution in [0.15, 0.2) is 29.8 Å². The first-order chi connectivity index (χ1) is 8.96. The van der Waals surface area contributed by atoms with Gasteiger partial charge in [-0.3, -0.25) is 4.79 Å². The van der Waals surface area contributed by atoms with E-state index in [9.17, 15) is 4.79 Å². The normalized spacial score (nSPS) is 22.4. The standard InChI is InChI=1S/C17H21ClO/c1-4-12-9-17(2,3)10-14(11-19)16(12)13-5-7-15(18)8-6-13/h5-8,11-12H,4,9-10H2,1-3H3. The Hall–Kier alpha value is -1.08. The lowest BCUT2D eigenvalue weighted by Gasteiger charge is -2.37. The minimum absolute atomic E-state index is 0.215. The maximum Gasteiger partial charge on any atom is 0.146 e. The molecule has 0 saturated carbocycles. The van der Waals surface area contributed by atoms with Gasteiger partial charge in [0.25, 0.3) is 0 Å². The molecule has 0 bridgehead atoms. The van der Waals surface area contributed by atoms with E-state index in [0.29, 0.717) is 5.92 Å². The van der Waals surface area contributed by atoms with Gasteiger partial charge in [0.1, 0.15) is 6.29 Å². The molecule has 2 heteroatoms.